The van der Waals surface area contributed by atoms with E-state index in [1.807, 2.05) is 0 Å². The van der Waals surface area contributed by atoms with Crippen LogP contribution in [0, 0.1) is 17.8 Å². The Balaban J connectivity index is 0.000000270. The lowest BCUT2D eigenvalue weighted by molar-refractivity contribution is -0.158. The fourth-order valence-corrected chi connectivity index (χ4v) is 9.30. The van der Waals surface area contributed by atoms with E-state index in [4.69, 9.17) is 14.2 Å². The van der Waals surface area contributed by atoms with E-state index in [1.54, 1.807) is 13.8 Å². The third-order valence-electron chi connectivity index (χ3n) is 9.96. The molecule has 2 bridgehead atoms. The molecule has 0 radical (unpaired) electrons. The van der Waals surface area contributed by atoms with E-state index in [9.17, 15) is 27.4 Å². The van der Waals surface area contributed by atoms with E-state index in [0.717, 1.165) is 32.1 Å². The number of rotatable bonds is 9. The normalized spacial score (nSPS) is 21.7. The van der Waals surface area contributed by atoms with Crippen molar-refractivity contribution in [3.8, 4) is 0 Å². The van der Waals surface area contributed by atoms with Gasteiger partial charge in [-0.25, -0.2) is 18.0 Å². The molecule has 4 aliphatic rings. The highest BCUT2D eigenvalue weighted by atomic mass is 32.2. The van der Waals surface area contributed by atoms with E-state index in [2.05, 4.69) is 118 Å². The van der Waals surface area contributed by atoms with Crippen LogP contribution in [0.25, 0.3) is 0 Å². The number of hydrogen-bond donors (Lipinski definition) is 0. The van der Waals surface area contributed by atoms with Crippen LogP contribution in [-0.2, 0) is 49.6 Å². The molecule has 7 rings (SSSR count). The van der Waals surface area contributed by atoms with Crippen molar-refractivity contribution >= 4 is 38.9 Å². The summed E-state index contributed by atoms with van der Waals surface area (Å²) in [7, 11) is -4.16. The van der Waals surface area contributed by atoms with Gasteiger partial charge in [0.25, 0.3) is 0 Å². The first kappa shape index (κ1) is 47.7. The van der Waals surface area contributed by atoms with Crippen molar-refractivity contribution in [3.05, 3.63) is 127 Å². The molecule has 5 unspecified atom stereocenters. The summed E-state index contributed by atoms with van der Waals surface area (Å²) in [5.74, 6) is -0.0721. The number of esters is 3. The summed E-state index contributed by atoms with van der Waals surface area (Å²) in [5.41, 5.74) is 0.721. The lowest BCUT2D eigenvalue weighted by Crippen LogP contribution is -2.36. The molecule has 3 saturated carbocycles. The van der Waals surface area contributed by atoms with Crippen LogP contribution in [-0.4, -0.2) is 48.7 Å². The second kappa shape index (κ2) is 21.7. The SMILES string of the molecule is C.C.C=C(C)C(=O)OC1(CC)CCCC1.C=C(C)C(=O)OC1C2CC3C(=O)OC1C3C2.C=CS(=O)(=O)[O-].c1ccc([S+](c2ccccc2)c2ccccc2)cc1. The minimum Gasteiger partial charge on any atom is -0.745 e. The lowest BCUT2D eigenvalue weighted by Gasteiger charge is -2.27. The Bertz CT molecular complexity index is 1770. The number of fused-ring (bicyclic) bond motifs is 1. The summed E-state index contributed by atoms with van der Waals surface area (Å²) in [6, 6.07) is 32.2. The van der Waals surface area contributed by atoms with Crippen molar-refractivity contribution < 1.29 is 41.6 Å². The maximum Gasteiger partial charge on any atom is 0.333 e. The lowest BCUT2D eigenvalue weighted by atomic mass is 9.88. The molecule has 3 aromatic rings. The zero-order valence-corrected chi connectivity index (χ0v) is 32.8. The second-order valence-electron chi connectivity index (χ2n) is 13.9. The molecule has 4 fully saturated rings. The Morgan fingerprint density at radius 2 is 1.27 bits per heavy atom. The van der Waals surface area contributed by atoms with Gasteiger partial charge in [-0.1, -0.05) is 96.1 Å². The summed E-state index contributed by atoms with van der Waals surface area (Å²) in [6.07, 6.45) is 6.64. The molecule has 56 heavy (non-hydrogen) atoms. The highest BCUT2D eigenvalue weighted by Crippen LogP contribution is 2.55. The Hall–Kier alpha value is -4.45. The van der Waals surface area contributed by atoms with E-state index in [-0.39, 0.29) is 73.3 Å². The molecule has 0 N–H and O–H groups in total. The smallest absolute Gasteiger partial charge is 0.333 e. The van der Waals surface area contributed by atoms with Crippen LogP contribution in [0.4, 0.5) is 0 Å². The zero-order chi connectivity index (χ0) is 39.5. The first-order chi connectivity index (χ1) is 25.7. The van der Waals surface area contributed by atoms with Gasteiger partial charge in [0.15, 0.2) is 14.7 Å². The standard InChI is InChI=1S/C18H15S.C12H14O4.C11H18O2.C2H4O3S.2CH4/c1-4-10-16(11-5-1)19(17-12-6-2-7-13-17)18-14-8-3-9-15-18;1-5(2)11(13)15-9-6-3-7-8(4-6)12(14)16-10(7)9;1-4-11(7-5-6-8-11)13-10(12)9(2)3;1-2-6(3,4)5;;/h1-15H;6-10H,1,3-4H2,2H3;2,4-8H2,1,3H3;2H,1H2,(H,3,4,5);2*1H4/q+1;;;;;/p-1. The largest absolute Gasteiger partial charge is 0.745 e. The van der Waals surface area contributed by atoms with Gasteiger partial charge in [-0.2, -0.15) is 0 Å². The minimum absolute atomic E-state index is 0. The van der Waals surface area contributed by atoms with Gasteiger partial charge in [0.2, 0.25) is 0 Å². The van der Waals surface area contributed by atoms with Crippen molar-refractivity contribution in [2.24, 2.45) is 17.8 Å². The summed E-state index contributed by atoms with van der Waals surface area (Å²) < 4.78 is 44.1. The van der Waals surface area contributed by atoms with Crippen molar-refractivity contribution in [2.45, 2.75) is 113 Å². The molecule has 0 aromatic heterocycles. The summed E-state index contributed by atoms with van der Waals surface area (Å²) in [5, 5.41) is 0.354. The number of benzene rings is 3. The summed E-state index contributed by atoms with van der Waals surface area (Å²) in [4.78, 5) is 38.4. The van der Waals surface area contributed by atoms with Crippen molar-refractivity contribution in [1.29, 1.82) is 0 Å². The zero-order valence-electron chi connectivity index (χ0n) is 31.2. The number of carbonyl (C=O) groups is 3. The molecule has 1 heterocycles. The van der Waals surface area contributed by atoms with E-state index >= 15 is 0 Å². The highest BCUT2D eigenvalue weighted by Gasteiger charge is 2.63. The third kappa shape index (κ3) is 12.8. The van der Waals surface area contributed by atoms with Crippen LogP contribution >= 0.6 is 0 Å². The van der Waals surface area contributed by atoms with Gasteiger partial charge in [0.05, 0.1) is 16.8 Å². The van der Waals surface area contributed by atoms with Crippen molar-refractivity contribution in [2.75, 3.05) is 0 Å². The number of carbonyl (C=O) groups excluding carboxylic acids is 3. The quantitative estimate of drug-likeness (QED) is 0.0681. The predicted octanol–water partition coefficient (Wildman–Crippen LogP) is 9.61. The number of ether oxygens (including phenoxy) is 3. The van der Waals surface area contributed by atoms with Crippen LogP contribution in [0.5, 0.6) is 0 Å². The minimum atomic E-state index is -4.15. The maximum atomic E-state index is 11.5. The second-order valence-corrected chi connectivity index (χ2v) is 17.2. The molecule has 304 valence electrons. The third-order valence-corrected chi connectivity index (χ3v) is 12.6. The molecule has 9 nitrogen and oxygen atoms in total. The first-order valence-electron chi connectivity index (χ1n) is 18.1. The average molecular weight is 807 g/mol. The van der Waals surface area contributed by atoms with Gasteiger partial charge in [-0.3, -0.25) is 4.79 Å². The molecule has 3 aromatic carbocycles. The molecule has 11 heteroatoms. The van der Waals surface area contributed by atoms with Crippen molar-refractivity contribution in [1.82, 2.24) is 0 Å². The van der Waals surface area contributed by atoms with E-state index in [0.29, 0.717) is 22.5 Å². The first-order valence-corrected chi connectivity index (χ1v) is 20.8. The molecular weight excluding hydrogens is 749 g/mol. The fraction of sp³-hybridized carbons (Fsp3) is 0.400. The van der Waals surface area contributed by atoms with Gasteiger partial charge in [-0.05, 0) is 95.2 Å². The van der Waals surface area contributed by atoms with Crippen LogP contribution < -0.4 is 0 Å². The predicted molar refractivity (Wildman–Crippen MR) is 222 cm³/mol. The molecule has 5 atom stereocenters. The van der Waals surface area contributed by atoms with Gasteiger partial charge in [-0.15, -0.1) is 0 Å². The Morgan fingerprint density at radius 1 is 0.839 bits per heavy atom. The molecule has 0 amide bonds. The topological polar surface area (TPSA) is 136 Å². The monoisotopic (exact) mass is 806 g/mol. The molecule has 3 aliphatic carbocycles. The van der Waals surface area contributed by atoms with E-state index in [1.165, 1.54) is 27.5 Å². The fourth-order valence-electron chi connectivity index (χ4n) is 7.20. The van der Waals surface area contributed by atoms with E-state index < -0.39 is 10.1 Å². The van der Waals surface area contributed by atoms with Crippen molar-refractivity contribution in [3.63, 3.8) is 0 Å². The molecule has 1 saturated heterocycles. The van der Waals surface area contributed by atoms with Gasteiger partial charge < -0.3 is 18.8 Å². The van der Waals surface area contributed by atoms with Crippen LogP contribution in [0.1, 0.15) is 80.6 Å². The summed E-state index contributed by atoms with van der Waals surface area (Å²) >= 11 is 0. The summed E-state index contributed by atoms with van der Waals surface area (Å²) in [6.45, 7) is 15.3. The van der Waals surface area contributed by atoms with Crippen LogP contribution in [0.2, 0.25) is 0 Å². The van der Waals surface area contributed by atoms with Crippen LogP contribution in [0.3, 0.4) is 0 Å². The van der Waals surface area contributed by atoms with Gasteiger partial charge in [0, 0.05) is 28.4 Å². The maximum absolute atomic E-state index is 11.5. The Kier molecular flexibility index (Phi) is 18.5. The Labute approximate surface area is 337 Å². The average Bonchev–Trinajstić information content (AvgIpc) is 3.94. The molecule has 0 spiro atoms. The number of hydrogen-bond acceptors (Lipinski definition) is 9. The van der Waals surface area contributed by atoms with Crippen LogP contribution in [0.15, 0.2) is 142 Å². The Morgan fingerprint density at radius 3 is 1.64 bits per heavy atom. The van der Waals surface area contributed by atoms with Gasteiger partial charge in [0.1, 0.15) is 27.9 Å². The van der Waals surface area contributed by atoms with Gasteiger partial charge >= 0.3 is 17.9 Å². The molecular formula is C45H58O9S2. The highest BCUT2D eigenvalue weighted by molar-refractivity contribution is 7.97. The molecule has 1 aliphatic heterocycles.